The Kier molecular flexibility index (Phi) is 5.57. The monoisotopic (exact) mass is 272 g/mol. The Bertz CT molecular complexity index is 413. The molecule has 0 saturated heterocycles. The second kappa shape index (κ2) is 6.95. The molecular formula is C10H17ClN6O. The molecule has 0 aliphatic heterocycles. The summed E-state index contributed by atoms with van der Waals surface area (Å²) in [6, 6.07) is 0. The van der Waals surface area contributed by atoms with Gasteiger partial charge in [0.1, 0.15) is 0 Å². The second-order valence-electron chi connectivity index (χ2n) is 3.54. The van der Waals surface area contributed by atoms with Crippen LogP contribution in [0.25, 0.3) is 0 Å². The molecule has 1 heterocycles. The molecule has 0 unspecified atom stereocenters. The van der Waals surface area contributed by atoms with Crippen LogP contribution in [0.3, 0.4) is 0 Å². The first-order valence-electron chi connectivity index (χ1n) is 5.70. The summed E-state index contributed by atoms with van der Waals surface area (Å²) >= 11 is 5.75. The lowest BCUT2D eigenvalue weighted by atomic mass is 10.5. The summed E-state index contributed by atoms with van der Waals surface area (Å²) in [6.45, 7) is 5.28. The summed E-state index contributed by atoms with van der Waals surface area (Å²) in [5.41, 5.74) is 0. The van der Waals surface area contributed by atoms with Crippen molar-refractivity contribution in [3.63, 3.8) is 0 Å². The van der Waals surface area contributed by atoms with Crippen molar-refractivity contribution in [2.24, 2.45) is 0 Å². The van der Waals surface area contributed by atoms with Gasteiger partial charge in [0, 0.05) is 20.1 Å². The van der Waals surface area contributed by atoms with Crippen LogP contribution in [0.15, 0.2) is 0 Å². The van der Waals surface area contributed by atoms with Gasteiger partial charge in [-0.15, -0.1) is 0 Å². The first kappa shape index (κ1) is 14.4. The number of aromatic nitrogens is 3. The van der Waals surface area contributed by atoms with Gasteiger partial charge >= 0.3 is 0 Å². The van der Waals surface area contributed by atoms with Crippen molar-refractivity contribution in [2.75, 3.05) is 37.3 Å². The first-order valence-corrected chi connectivity index (χ1v) is 6.07. The molecule has 1 aromatic rings. The number of halogens is 1. The van der Waals surface area contributed by atoms with E-state index in [1.165, 1.54) is 0 Å². The lowest BCUT2D eigenvalue weighted by Gasteiger charge is -2.14. The minimum absolute atomic E-state index is 0.0426. The molecule has 0 aliphatic carbocycles. The van der Waals surface area contributed by atoms with Gasteiger partial charge in [0.2, 0.25) is 23.1 Å². The van der Waals surface area contributed by atoms with Crippen LogP contribution in [0.1, 0.15) is 13.8 Å². The van der Waals surface area contributed by atoms with Crippen LogP contribution in [-0.4, -0.2) is 52.4 Å². The van der Waals surface area contributed by atoms with Crippen molar-refractivity contribution in [3.05, 3.63) is 5.28 Å². The zero-order valence-corrected chi connectivity index (χ0v) is 11.5. The maximum atomic E-state index is 11.6. The van der Waals surface area contributed by atoms with Gasteiger partial charge in [-0.1, -0.05) is 0 Å². The van der Waals surface area contributed by atoms with E-state index in [4.69, 9.17) is 11.6 Å². The molecule has 2 N–H and O–H groups in total. The van der Waals surface area contributed by atoms with Gasteiger partial charge in [0.05, 0.1) is 6.54 Å². The van der Waals surface area contributed by atoms with E-state index in [2.05, 4.69) is 25.6 Å². The van der Waals surface area contributed by atoms with E-state index in [1.807, 2.05) is 13.8 Å². The zero-order chi connectivity index (χ0) is 13.5. The van der Waals surface area contributed by atoms with Crippen LogP contribution < -0.4 is 10.6 Å². The molecule has 7 nitrogen and oxygen atoms in total. The van der Waals surface area contributed by atoms with Crippen LogP contribution in [-0.2, 0) is 4.79 Å². The molecule has 18 heavy (non-hydrogen) atoms. The highest BCUT2D eigenvalue weighted by molar-refractivity contribution is 6.28. The SMILES string of the molecule is CCNc1nc(Cl)nc(NCC(=O)N(C)CC)n1. The molecule has 1 amide bonds. The number of likely N-dealkylation sites (N-methyl/N-ethyl adjacent to an activating group) is 1. The van der Waals surface area contributed by atoms with Gasteiger partial charge in [-0.3, -0.25) is 4.79 Å². The highest BCUT2D eigenvalue weighted by atomic mass is 35.5. The number of carbonyl (C=O) groups excluding carboxylic acids is 1. The van der Waals surface area contributed by atoms with Crippen molar-refractivity contribution in [1.29, 1.82) is 0 Å². The third-order valence-electron chi connectivity index (χ3n) is 2.24. The Hall–Kier alpha value is -1.63. The van der Waals surface area contributed by atoms with E-state index in [1.54, 1.807) is 11.9 Å². The minimum Gasteiger partial charge on any atom is -0.354 e. The molecule has 0 aliphatic rings. The number of anilines is 2. The summed E-state index contributed by atoms with van der Waals surface area (Å²) in [5.74, 6) is 0.624. The number of nitrogens with zero attached hydrogens (tertiary/aromatic N) is 4. The Balaban J connectivity index is 2.64. The smallest absolute Gasteiger partial charge is 0.241 e. The Labute approximate surface area is 111 Å². The fourth-order valence-corrected chi connectivity index (χ4v) is 1.29. The number of hydrogen-bond acceptors (Lipinski definition) is 6. The van der Waals surface area contributed by atoms with Crippen LogP contribution in [0.5, 0.6) is 0 Å². The molecule has 1 aromatic heterocycles. The molecule has 0 spiro atoms. The molecule has 0 saturated carbocycles. The van der Waals surface area contributed by atoms with Gasteiger partial charge in [-0.2, -0.15) is 15.0 Å². The van der Waals surface area contributed by atoms with Crippen molar-refractivity contribution in [1.82, 2.24) is 19.9 Å². The number of hydrogen-bond donors (Lipinski definition) is 2. The van der Waals surface area contributed by atoms with Gasteiger partial charge in [-0.25, -0.2) is 0 Å². The van der Waals surface area contributed by atoms with Crippen molar-refractivity contribution >= 4 is 29.4 Å². The van der Waals surface area contributed by atoms with Gasteiger partial charge < -0.3 is 15.5 Å². The topological polar surface area (TPSA) is 83.0 Å². The van der Waals surface area contributed by atoms with Crippen molar-refractivity contribution < 1.29 is 4.79 Å². The van der Waals surface area contributed by atoms with E-state index < -0.39 is 0 Å². The maximum Gasteiger partial charge on any atom is 0.241 e. The van der Waals surface area contributed by atoms with E-state index in [-0.39, 0.29) is 23.7 Å². The standard InChI is InChI=1S/C10H17ClN6O/c1-4-12-9-14-8(11)15-10(16-9)13-6-7(18)17(3)5-2/h4-6H2,1-3H3,(H2,12,13,14,15,16). The molecular weight excluding hydrogens is 256 g/mol. The van der Waals surface area contributed by atoms with Crippen molar-refractivity contribution in [3.8, 4) is 0 Å². The number of carbonyl (C=O) groups is 1. The molecule has 0 bridgehead atoms. The highest BCUT2D eigenvalue weighted by Crippen LogP contribution is 2.08. The second-order valence-corrected chi connectivity index (χ2v) is 3.88. The molecule has 100 valence electrons. The zero-order valence-electron chi connectivity index (χ0n) is 10.7. The predicted octanol–water partition coefficient (Wildman–Crippen LogP) is 0.847. The Morgan fingerprint density at radius 1 is 1.22 bits per heavy atom. The van der Waals surface area contributed by atoms with Crippen LogP contribution in [0.4, 0.5) is 11.9 Å². The summed E-state index contributed by atoms with van der Waals surface area (Å²) in [5, 5.41) is 5.83. The third kappa shape index (κ3) is 4.33. The molecule has 8 heteroatoms. The van der Waals surface area contributed by atoms with E-state index in [0.717, 1.165) is 0 Å². The number of nitrogens with one attached hydrogen (secondary N) is 2. The van der Waals surface area contributed by atoms with Crippen LogP contribution in [0, 0.1) is 0 Å². The predicted molar refractivity (Wildman–Crippen MR) is 70.8 cm³/mol. The molecule has 0 atom stereocenters. The molecule has 1 rings (SSSR count). The van der Waals surface area contributed by atoms with Gasteiger partial charge in [0.25, 0.3) is 0 Å². The molecule has 0 radical (unpaired) electrons. The summed E-state index contributed by atoms with van der Waals surface area (Å²) < 4.78 is 0. The largest absolute Gasteiger partial charge is 0.354 e. The minimum atomic E-state index is -0.0426. The lowest BCUT2D eigenvalue weighted by molar-refractivity contribution is -0.127. The first-order chi connectivity index (χ1) is 8.56. The summed E-state index contributed by atoms with van der Waals surface area (Å²) in [6.07, 6.45) is 0. The van der Waals surface area contributed by atoms with Crippen LogP contribution >= 0.6 is 11.6 Å². The van der Waals surface area contributed by atoms with E-state index in [0.29, 0.717) is 19.0 Å². The molecule has 0 fully saturated rings. The third-order valence-corrected chi connectivity index (χ3v) is 2.41. The van der Waals surface area contributed by atoms with E-state index >= 15 is 0 Å². The number of amides is 1. The summed E-state index contributed by atoms with van der Waals surface area (Å²) in [7, 11) is 1.73. The molecule has 0 aromatic carbocycles. The average molecular weight is 273 g/mol. The van der Waals surface area contributed by atoms with Crippen molar-refractivity contribution in [2.45, 2.75) is 13.8 Å². The Morgan fingerprint density at radius 3 is 2.39 bits per heavy atom. The lowest BCUT2D eigenvalue weighted by Crippen LogP contribution is -2.32. The average Bonchev–Trinajstić information content (AvgIpc) is 2.34. The highest BCUT2D eigenvalue weighted by Gasteiger charge is 2.08. The summed E-state index contributed by atoms with van der Waals surface area (Å²) in [4.78, 5) is 25.1. The van der Waals surface area contributed by atoms with E-state index in [9.17, 15) is 4.79 Å². The van der Waals surface area contributed by atoms with Gasteiger partial charge in [-0.05, 0) is 25.4 Å². The fourth-order valence-electron chi connectivity index (χ4n) is 1.13. The normalized spacial score (nSPS) is 10.0. The maximum absolute atomic E-state index is 11.6. The Morgan fingerprint density at radius 2 is 1.83 bits per heavy atom. The van der Waals surface area contributed by atoms with Crippen LogP contribution in [0.2, 0.25) is 5.28 Å². The number of rotatable bonds is 6. The fraction of sp³-hybridized carbons (Fsp3) is 0.600. The quantitative estimate of drug-likeness (QED) is 0.799. The van der Waals surface area contributed by atoms with Gasteiger partial charge in [0.15, 0.2) is 0 Å².